The predicted molar refractivity (Wildman–Crippen MR) is 79.5 cm³/mol. The Labute approximate surface area is 123 Å². The fraction of sp³-hybridized carbons (Fsp3) is 1.00. The third-order valence-corrected chi connectivity index (χ3v) is 6.50. The van der Waals surface area contributed by atoms with Gasteiger partial charge in [-0.2, -0.15) is 17.0 Å². The normalized spacial score (nSPS) is 29.6. The summed E-state index contributed by atoms with van der Waals surface area (Å²) in [6.45, 7) is 6.01. The summed E-state index contributed by atoms with van der Waals surface area (Å²) in [5, 5.41) is 9.01. The number of hydrogen-bond acceptors (Lipinski definition) is 3. The summed E-state index contributed by atoms with van der Waals surface area (Å²) in [7, 11) is -3.37. The van der Waals surface area contributed by atoms with Crippen LogP contribution < -0.4 is 0 Å². The van der Waals surface area contributed by atoms with Crippen molar-refractivity contribution < 1.29 is 13.5 Å². The molecule has 2 aliphatic rings. The van der Waals surface area contributed by atoms with Crippen LogP contribution in [0.1, 0.15) is 46.0 Å². The highest BCUT2D eigenvalue weighted by molar-refractivity contribution is 7.86. The lowest BCUT2D eigenvalue weighted by molar-refractivity contribution is 0.165. The molecule has 2 fully saturated rings. The van der Waals surface area contributed by atoms with E-state index in [1.807, 2.05) is 0 Å². The van der Waals surface area contributed by atoms with E-state index in [2.05, 4.69) is 13.8 Å². The van der Waals surface area contributed by atoms with Crippen LogP contribution in [0.15, 0.2) is 0 Å². The van der Waals surface area contributed by atoms with Crippen LogP contribution in [0, 0.1) is 11.8 Å². The summed E-state index contributed by atoms with van der Waals surface area (Å²) >= 11 is 0. The highest BCUT2D eigenvalue weighted by Gasteiger charge is 2.39. The van der Waals surface area contributed by atoms with Crippen molar-refractivity contribution in [2.45, 2.75) is 52.0 Å². The van der Waals surface area contributed by atoms with Crippen molar-refractivity contribution in [2.24, 2.45) is 11.8 Å². The van der Waals surface area contributed by atoms with Gasteiger partial charge >= 0.3 is 0 Å². The van der Waals surface area contributed by atoms with Gasteiger partial charge in [-0.1, -0.05) is 20.3 Å². The van der Waals surface area contributed by atoms with Crippen LogP contribution in [0.4, 0.5) is 0 Å². The van der Waals surface area contributed by atoms with E-state index in [9.17, 15) is 8.42 Å². The number of nitrogens with zero attached hydrogens (tertiary/aromatic N) is 2. The zero-order chi connectivity index (χ0) is 14.8. The van der Waals surface area contributed by atoms with Gasteiger partial charge in [-0.25, -0.2) is 0 Å². The van der Waals surface area contributed by atoms with Gasteiger partial charge < -0.3 is 5.11 Å². The molecule has 2 unspecified atom stereocenters. The van der Waals surface area contributed by atoms with Crippen LogP contribution in [0.25, 0.3) is 0 Å². The van der Waals surface area contributed by atoms with Crippen molar-refractivity contribution in [3.05, 3.63) is 0 Å². The topological polar surface area (TPSA) is 60.9 Å². The van der Waals surface area contributed by atoms with Gasteiger partial charge in [0.15, 0.2) is 0 Å². The Hall–Kier alpha value is -0.170. The van der Waals surface area contributed by atoms with Crippen molar-refractivity contribution in [2.75, 3.05) is 26.2 Å². The molecule has 0 radical (unpaired) electrons. The van der Waals surface area contributed by atoms with Gasteiger partial charge in [0.05, 0.1) is 0 Å². The zero-order valence-corrected chi connectivity index (χ0v) is 13.5. The summed E-state index contributed by atoms with van der Waals surface area (Å²) < 4.78 is 29.1. The van der Waals surface area contributed by atoms with Gasteiger partial charge in [0.25, 0.3) is 10.2 Å². The lowest BCUT2D eigenvalue weighted by Gasteiger charge is -2.42. The minimum Gasteiger partial charge on any atom is -0.396 e. The zero-order valence-electron chi connectivity index (χ0n) is 12.7. The second kappa shape index (κ2) is 6.73. The largest absolute Gasteiger partial charge is 0.396 e. The van der Waals surface area contributed by atoms with E-state index in [4.69, 9.17) is 5.11 Å². The molecule has 5 nitrogen and oxygen atoms in total. The molecule has 1 N–H and O–H groups in total. The van der Waals surface area contributed by atoms with Gasteiger partial charge in [-0.15, -0.1) is 0 Å². The molecule has 0 spiro atoms. The van der Waals surface area contributed by atoms with E-state index in [1.54, 1.807) is 8.61 Å². The van der Waals surface area contributed by atoms with Gasteiger partial charge in [0.1, 0.15) is 0 Å². The van der Waals surface area contributed by atoms with Crippen molar-refractivity contribution in [3.8, 4) is 0 Å². The van der Waals surface area contributed by atoms with E-state index in [1.165, 1.54) is 0 Å². The van der Waals surface area contributed by atoms with E-state index in [0.717, 1.165) is 25.7 Å². The fourth-order valence-corrected chi connectivity index (χ4v) is 5.46. The second-order valence-electron chi connectivity index (χ2n) is 6.54. The number of piperidine rings is 1. The molecular formula is C14H28N2O3S. The maximum atomic E-state index is 12.9. The monoisotopic (exact) mass is 304 g/mol. The maximum Gasteiger partial charge on any atom is 0.282 e. The number of rotatable bonds is 6. The molecule has 6 heteroatoms. The molecule has 0 amide bonds. The molecule has 118 valence electrons. The van der Waals surface area contributed by atoms with Crippen LogP contribution in [-0.4, -0.2) is 54.4 Å². The first-order valence-electron chi connectivity index (χ1n) is 7.83. The Morgan fingerprint density at radius 1 is 1.20 bits per heavy atom. The second-order valence-corrected chi connectivity index (χ2v) is 8.42. The SMILES string of the molecule is CC1CC(C)CN(S(=O)(=O)N(CCCO)C2CCC2)C1. The maximum absolute atomic E-state index is 12.9. The summed E-state index contributed by atoms with van der Waals surface area (Å²) in [4.78, 5) is 0. The quantitative estimate of drug-likeness (QED) is 0.808. The Balaban J connectivity index is 2.11. The van der Waals surface area contributed by atoms with Crippen molar-refractivity contribution in [3.63, 3.8) is 0 Å². The Kier molecular flexibility index (Phi) is 5.45. The predicted octanol–water partition coefficient (Wildman–Crippen LogP) is 1.45. The molecule has 0 aromatic carbocycles. The van der Waals surface area contributed by atoms with Crippen LogP contribution in [0.3, 0.4) is 0 Å². The van der Waals surface area contributed by atoms with Crippen LogP contribution in [-0.2, 0) is 10.2 Å². The smallest absolute Gasteiger partial charge is 0.282 e. The van der Waals surface area contributed by atoms with Crippen LogP contribution >= 0.6 is 0 Å². The standard InChI is InChI=1S/C14H28N2O3S/c1-12-9-13(2)11-15(10-12)20(18,19)16(7-4-8-17)14-5-3-6-14/h12-14,17H,3-11H2,1-2H3. The molecule has 0 aromatic rings. The summed E-state index contributed by atoms with van der Waals surface area (Å²) in [5.74, 6) is 0.851. The van der Waals surface area contributed by atoms with Gasteiger partial charge in [-0.3, -0.25) is 0 Å². The van der Waals surface area contributed by atoms with E-state index < -0.39 is 10.2 Å². The number of hydrogen-bond donors (Lipinski definition) is 1. The Morgan fingerprint density at radius 2 is 1.80 bits per heavy atom. The molecular weight excluding hydrogens is 276 g/mol. The molecule has 1 heterocycles. The third kappa shape index (κ3) is 3.53. The summed E-state index contributed by atoms with van der Waals surface area (Å²) in [6.07, 6.45) is 4.66. The number of aliphatic hydroxyl groups excluding tert-OH is 1. The average molecular weight is 304 g/mol. The molecule has 20 heavy (non-hydrogen) atoms. The third-order valence-electron chi connectivity index (χ3n) is 4.48. The number of aliphatic hydroxyl groups is 1. The Bertz CT molecular complexity index is 399. The molecule has 1 aliphatic carbocycles. The van der Waals surface area contributed by atoms with Crippen molar-refractivity contribution >= 4 is 10.2 Å². The Morgan fingerprint density at radius 3 is 2.25 bits per heavy atom. The molecule has 1 saturated heterocycles. The first-order valence-corrected chi connectivity index (χ1v) is 9.22. The molecule has 1 aliphatic heterocycles. The molecule has 1 saturated carbocycles. The van der Waals surface area contributed by atoms with E-state index >= 15 is 0 Å². The molecule has 0 aromatic heterocycles. The minimum atomic E-state index is -3.37. The minimum absolute atomic E-state index is 0.0472. The first-order chi connectivity index (χ1) is 9.45. The van der Waals surface area contributed by atoms with Crippen molar-refractivity contribution in [1.29, 1.82) is 0 Å². The van der Waals surface area contributed by atoms with E-state index in [0.29, 0.717) is 37.9 Å². The lowest BCUT2D eigenvalue weighted by Crippen LogP contribution is -2.54. The van der Waals surface area contributed by atoms with Gasteiger partial charge in [0.2, 0.25) is 0 Å². The fourth-order valence-electron chi connectivity index (χ4n) is 3.33. The van der Waals surface area contributed by atoms with Crippen LogP contribution in [0.2, 0.25) is 0 Å². The highest BCUT2D eigenvalue weighted by atomic mass is 32.2. The average Bonchev–Trinajstić information content (AvgIpc) is 2.30. The van der Waals surface area contributed by atoms with Gasteiger partial charge in [0, 0.05) is 32.3 Å². The molecule has 2 rings (SSSR count). The molecule has 0 bridgehead atoms. The summed E-state index contributed by atoms with van der Waals surface area (Å²) in [6, 6.07) is 0.152. The van der Waals surface area contributed by atoms with Crippen molar-refractivity contribution in [1.82, 2.24) is 8.61 Å². The highest BCUT2D eigenvalue weighted by Crippen LogP contribution is 2.31. The van der Waals surface area contributed by atoms with E-state index in [-0.39, 0.29) is 12.6 Å². The lowest BCUT2D eigenvalue weighted by atomic mass is 9.93. The van der Waals surface area contributed by atoms with Crippen LogP contribution in [0.5, 0.6) is 0 Å². The first kappa shape index (κ1) is 16.2. The summed E-state index contributed by atoms with van der Waals surface area (Å²) in [5.41, 5.74) is 0. The molecule has 2 atom stereocenters. The van der Waals surface area contributed by atoms with Gasteiger partial charge in [-0.05, 0) is 37.5 Å².